The third kappa shape index (κ3) is 2.18. The lowest BCUT2D eigenvalue weighted by atomic mass is 9.96. The van der Waals surface area contributed by atoms with Crippen molar-refractivity contribution in [1.82, 2.24) is 4.57 Å². The molecule has 1 aromatic carbocycles. The fraction of sp³-hybridized carbons (Fsp3) is 0.400. The van der Waals surface area contributed by atoms with E-state index in [1.54, 1.807) is 10.8 Å². The molecule has 3 rings (SSSR count). The number of para-hydroxylation sites is 1. The first-order valence-electron chi connectivity index (χ1n) is 6.43. The molecule has 0 aliphatic carbocycles. The molecular formula is C15H16NO2. The van der Waals surface area contributed by atoms with Crippen LogP contribution >= 0.6 is 0 Å². The van der Waals surface area contributed by atoms with E-state index in [-0.39, 0.29) is 5.91 Å². The molecule has 3 heteroatoms. The minimum Gasteiger partial charge on any atom is -0.381 e. The van der Waals surface area contributed by atoms with E-state index in [1.807, 2.05) is 24.3 Å². The summed E-state index contributed by atoms with van der Waals surface area (Å²) in [5.41, 5.74) is 0.953. The molecule has 0 atom stereocenters. The van der Waals surface area contributed by atoms with Gasteiger partial charge in [-0.25, -0.2) is 0 Å². The molecule has 1 aliphatic rings. The lowest BCUT2D eigenvalue weighted by Gasteiger charge is -2.21. The number of nitrogens with zero attached hydrogens (tertiary/aromatic N) is 1. The molecule has 93 valence electrons. The van der Waals surface area contributed by atoms with Gasteiger partial charge in [-0.3, -0.25) is 9.36 Å². The Morgan fingerprint density at radius 1 is 1.33 bits per heavy atom. The summed E-state index contributed by atoms with van der Waals surface area (Å²) in [4.78, 5) is 12.3. The summed E-state index contributed by atoms with van der Waals surface area (Å²) in [6, 6.07) is 11.0. The van der Waals surface area contributed by atoms with E-state index < -0.39 is 0 Å². The second-order valence-electron chi connectivity index (χ2n) is 4.81. The fourth-order valence-corrected chi connectivity index (χ4v) is 2.51. The van der Waals surface area contributed by atoms with Gasteiger partial charge in [-0.05, 0) is 24.8 Å². The SMILES string of the molecule is O=C(CC1CCOCC1)n1c[c]c2ccccc21. The van der Waals surface area contributed by atoms with Crippen LogP contribution in [0.3, 0.4) is 0 Å². The van der Waals surface area contributed by atoms with Gasteiger partial charge in [-0.2, -0.15) is 0 Å². The first kappa shape index (κ1) is 11.5. The predicted octanol–water partition coefficient (Wildman–Crippen LogP) is 2.90. The number of carbonyl (C=O) groups is 1. The largest absolute Gasteiger partial charge is 0.381 e. The number of hydrogen-bond donors (Lipinski definition) is 0. The highest BCUT2D eigenvalue weighted by atomic mass is 16.5. The van der Waals surface area contributed by atoms with Crippen molar-refractivity contribution in [1.29, 1.82) is 0 Å². The molecular weight excluding hydrogens is 226 g/mol. The minimum absolute atomic E-state index is 0.166. The van der Waals surface area contributed by atoms with Crippen molar-refractivity contribution in [2.75, 3.05) is 13.2 Å². The van der Waals surface area contributed by atoms with Gasteiger partial charge in [0.1, 0.15) is 0 Å². The second-order valence-corrected chi connectivity index (χ2v) is 4.81. The molecule has 18 heavy (non-hydrogen) atoms. The maximum Gasteiger partial charge on any atom is 0.231 e. The van der Waals surface area contributed by atoms with E-state index in [4.69, 9.17) is 4.74 Å². The van der Waals surface area contributed by atoms with E-state index in [9.17, 15) is 4.79 Å². The summed E-state index contributed by atoms with van der Waals surface area (Å²) in [6.45, 7) is 1.58. The zero-order valence-electron chi connectivity index (χ0n) is 10.3. The summed E-state index contributed by atoms with van der Waals surface area (Å²) in [5.74, 6) is 0.631. The highest BCUT2D eigenvalue weighted by Gasteiger charge is 2.19. The Kier molecular flexibility index (Phi) is 3.15. The van der Waals surface area contributed by atoms with E-state index in [0.29, 0.717) is 12.3 Å². The third-order valence-corrected chi connectivity index (χ3v) is 3.59. The Balaban J connectivity index is 1.79. The first-order chi connectivity index (χ1) is 8.84. The molecule has 1 fully saturated rings. The van der Waals surface area contributed by atoms with Gasteiger partial charge in [-0.1, -0.05) is 18.2 Å². The topological polar surface area (TPSA) is 31.2 Å². The van der Waals surface area contributed by atoms with Crippen LogP contribution in [0.15, 0.2) is 30.5 Å². The number of benzene rings is 1. The number of ether oxygens (including phenoxy) is 1. The third-order valence-electron chi connectivity index (χ3n) is 3.59. The number of rotatable bonds is 2. The highest BCUT2D eigenvalue weighted by molar-refractivity contribution is 5.92. The quantitative estimate of drug-likeness (QED) is 0.810. The van der Waals surface area contributed by atoms with Gasteiger partial charge in [0.25, 0.3) is 0 Å². The Bertz CT molecular complexity index is 552. The molecule has 3 nitrogen and oxygen atoms in total. The van der Waals surface area contributed by atoms with Crippen molar-refractivity contribution in [3.8, 4) is 0 Å². The van der Waals surface area contributed by atoms with Crippen molar-refractivity contribution in [3.05, 3.63) is 36.5 Å². The number of hydrogen-bond acceptors (Lipinski definition) is 2. The molecule has 1 aromatic heterocycles. The molecule has 0 saturated carbocycles. The van der Waals surface area contributed by atoms with Crippen LogP contribution in [0.25, 0.3) is 10.9 Å². The summed E-state index contributed by atoms with van der Waals surface area (Å²) >= 11 is 0. The average Bonchev–Trinajstić information content (AvgIpc) is 2.84. The van der Waals surface area contributed by atoms with Crippen LogP contribution in [0, 0.1) is 12.0 Å². The number of fused-ring (bicyclic) bond motifs is 1. The summed E-state index contributed by atoms with van der Waals surface area (Å²) < 4.78 is 7.04. The average molecular weight is 242 g/mol. The van der Waals surface area contributed by atoms with Gasteiger partial charge < -0.3 is 4.74 Å². The predicted molar refractivity (Wildman–Crippen MR) is 69.6 cm³/mol. The molecule has 0 bridgehead atoms. The Morgan fingerprint density at radius 3 is 2.94 bits per heavy atom. The monoisotopic (exact) mass is 242 g/mol. The van der Waals surface area contributed by atoms with Gasteiger partial charge in [0.15, 0.2) is 0 Å². The Morgan fingerprint density at radius 2 is 2.11 bits per heavy atom. The zero-order valence-corrected chi connectivity index (χ0v) is 10.3. The van der Waals surface area contributed by atoms with Crippen molar-refractivity contribution in [2.45, 2.75) is 19.3 Å². The van der Waals surface area contributed by atoms with E-state index in [1.165, 1.54) is 0 Å². The zero-order chi connectivity index (χ0) is 12.4. The summed E-state index contributed by atoms with van der Waals surface area (Å²) in [6.07, 6.45) is 4.35. The number of aromatic nitrogens is 1. The minimum atomic E-state index is 0.166. The molecule has 2 heterocycles. The van der Waals surface area contributed by atoms with Crippen LogP contribution in [0.5, 0.6) is 0 Å². The van der Waals surface area contributed by atoms with E-state index in [0.717, 1.165) is 37.0 Å². The van der Waals surface area contributed by atoms with Crippen LogP contribution in [0.4, 0.5) is 0 Å². The molecule has 1 radical (unpaired) electrons. The van der Waals surface area contributed by atoms with Crippen molar-refractivity contribution in [3.63, 3.8) is 0 Å². The summed E-state index contributed by atoms with van der Waals surface area (Å²) in [5, 5.41) is 0.998. The molecule has 1 saturated heterocycles. The molecule has 0 unspecified atom stereocenters. The highest BCUT2D eigenvalue weighted by Crippen LogP contribution is 2.21. The lowest BCUT2D eigenvalue weighted by molar-refractivity contribution is 0.0575. The number of carbonyl (C=O) groups excluding carboxylic acids is 1. The normalized spacial score (nSPS) is 17.1. The maximum atomic E-state index is 12.3. The standard InChI is InChI=1S/C15H16NO2/c17-15(11-12-6-9-18-10-7-12)16-8-5-13-3-1-2-4-14(13)16/h1-4,8,12H,6-7,9-11H2. The van der Waals surface area contributed by atoms with Crippen molar-refractivity contribution >= 4 is 16.8 Å². The van der Waals surface area contributed by atoms with E-state index in [2.05, 4.69) is 6.07 Å². The smallest absolute Gasteiger partial charge is 0.231 e. The van der Waals surface area contributed by atoms with E-state index >= 15 is 0 Å². The lowest BCUT2D eigenvalue weighted by Crippen LogP contribution is -2.21. The van der Waals surface area contributed by atoms with Gasteiger partial charge in [0, 0.05) is 37.3 Å². The van der Waals surface area contributed by atoms with Crippen LogP contribution in [-0.2, 0) is 4.74 Å². The van der Waals surface area contributed by atoms with Gasteiger partial charge in [-0.15, -0.1) is 0 Å². The first-order valence-corrected chi connectivity index (χ1v) is 6.43. The van der Waals surface area contributed by atoms with Crippen LogP contribution < -0.4 is 0 Å². The van der Waals surface area contributed by atoms with Gasteiger partial charge in [0.05, 0.1) is 5.52 Å². The van der Waals surface area contributed by atoms with Crippen molar-refractivity contribution in [2.24, 2.45) is 5.92 Å². The van der Waals surface area contributed by atoms with Gasteiger partial charge >= 0.3 is 0 Å². The summed E-state index contributed by atoms with van der Waals surface area (Å²) in [7, 11) is 0. The maximum absolute atomic E-state index is 12.3. The molecule has 1 aliphatic heterocycles. The fourth-order valence-electron chi connectivity index (χ4n) is 2.51. The van der Waals surface area contributed by atoms with Crippen LogP contribution in [0.1, 0.15) is 24.1 Å². The van der Waals surface area contributed by atoms with Crippen LogP contribution in [-0.4, -0.2) is 23.7 Å². The molecule has 0 amide bonds. The molecule has 0 N–H and O–H groups in total. The van der Waals surface area contributed by atoms with Crippen molar-refractivity contribution < 1.29 is 9.53 Å². The molecule has 2 aromatic rings. The molecule has 0 spiro atoms. The van der Waals surface area contributed by atoms with Crippen LogP contribution in [0.2, 0.25) is 0 Å². The Labute approximate surface area is 106 Å². The second kappa shape index (κ2) is 4.94. The van der Waals surface area contributed by atoms with Gasteiger partial charge in [0.2, 0.25) is 5.91 Å². The Hall–Kier alpha value is -1.61.